The summed E-state index contributed by atoms with van der Waals surface area (Å²) in [6, 6.07) is 21.0. The molecule has 2 aromatic carbocycles. The molecule has 4 rings (SSSR count). The van der Waals surface area contributed by atoms with Gasteiger partial charge in [-0.3, -0.25) is 9.36 Å². The Balaban J connectivity index is 1.48. The number of hydrogen-bond donors (Lipinski definition) is 1. The first kappa shape index (κ1) is 22.4. The first-order chi connectivity index (χ1) is 15.6. The molecule has 0 spiro atoms. The minimum atomic E-state index is -0.0626. The number of hydrogen-bond acceptors (Lipinski definition) is 6. The molecule has 32 heavy (non-hydrogen) atoms. The van der Waals surface area contributed by atoms with E-state index in [2.05, 4.69) is 15.5 Å². The van der Waals surface area contributed by atoms with Crippen molar-refractivity contribution in [1.82, 2.24) is 20.1 Å². The number of benzene rings is 2. The molecule has 0 radical (unpaired) electrons. The number of halogens is 1. The van der Waals surface area contributed by atoms with Crippen LogP contribution < -0.4 is 10.1 Å². The van der Waals surface area contributed by atoms with Crippen LogP contribution >= 0.6 is 34.7 Å². The Morgan fingerprint density at radius 1 is 1.12 bits per heavy atom. The van der Waals surface area contributed by atoms with Crippen molar-refractivity contribution in [2.75, 3.05) is 5.75 Å². The monoisotopic (exact) mass is 484 g/mol. The fourth-order valence-corrected chi connectivity index (χ4v) is 4.76. The average Bonchev–Trinajstić information content (AvgIpc) is 3.48. The highest BCUT2D eigenvalue weighted by molar-refractivity contribution is 7.99. The molecule has 1 amide bonds. The van der Waals surface area contributed by atoms with Gasteiger partial charge in [0.2, 0.25) is 5.91 Å². The van der Waals surface area contributed by atoms with Gasteiger partial charge in [-0.15, -0.1) is 21.5 Å². The van der Waals surface area contributed by atoms with Gasteiger partial charge in [-0.1, -0.05) is 59.8 Å². The molecule has 0 saturated heterocycles. The summed E-state index contributed by atoms with van der Waals surface area (Å²) in [6.07, 6.45) is 0. The van der Waals surface area contributed by atoms with Crippen LogP contribution in [0.2, 0.25) is 5.02 Å². The Hall–Kier alpha value is -2.81. The SMILES string of the molecule is CC(NC(=O)CSc1nnc(COc2ccccc2Cl)n1-c1ccccc1)c1cccs1. The number of para-hydroxylation sites is 2. The van der Waals surface area contributed by atoms with Crippen LogP contribution in [0, 0.1) is 0 Å². The fourth-order valence-electron chi connectivity index (χ4n) is 3.05. The van der Waals surface area contributed by atoms with Gasteiger partial charge in [0.1, 0.15) is 12.4 Å². The van der Waals surface area contributed by atoms with Crippen molar-refractivity contribution in [3.63, 3.8) is 0 Å². The molecule has 0 aliphatic rings. The average molecular weight is 485 g/mol. The minimum Gasteiger partial charge on any atom is -0.484 e. The van der Waals surface area contributed by atoms with Crippen LogP contribution in [0.15, 0.2) is 77.3 Å². The van der Waals surface area contributed by atoms with Crippen LogP contribution in [0.4, 0.5) is 0 Å². The van der Waals surface area contributed by atoms with Gasteiger partial charge in [0.25, 0.3) is 0 Å². The molecule has 6 nitrogen and oxygen atoms in total. The highest BCUT2D eigenvalue weighted by Gasteiger charge is 2.18. The third-order valence-corrected chi connectivity index (χ3v) is 6.88. The van der Waals surface area contributed by atoms with E-state index in [-0.39, 0.29) is 24.3 Å². The minimum absolute atomic E-state index is 0.0327. The number of carbonyl (C=O) groups is 1. The van der Waals surface area contributed by atoms with Gasteiger partial charge in [0, 0.05) is 10.6 Å². The molecule has 1 N–H and O–H groups in total. The summed E-state index contributed by atoms with van der Waals surface area (Å²) in [5.41, 5.74) is 0.894. The van der Waals surface area contributed by atoms with E-state index < -0.39 is 0 Å². The van der Waals surface area contributed by atoms with Crippen LogP contribution in [-0.4, -0.2) is 26.4 Å². The second-order valence-corrected chi connectivity index (χ2v) is 9.21. The number of amides is 1. The van der Waals surface area contributed by atoms with E-state index >= 15 is 0 Å². The number of aromatic nitrogens is 3. The van der Waals surface area contributed by atoms with Gasteiger partial charge in [-0.2, -0.15) is 0 Å². The van der Waals surface area contributed by atoms with E-state index in [0.717, 1.165) is 10.6 Å². The van der Waals surface area contributed by atoms with E-state index in [1.165, 1.54) is 11.8 Å². The number of thiophene rings is 1. The highest BCUT2D eigenvalue weighted by Crippen LogP contribution is 2.26. The van der Waals surface area contributed by atoms with Gasteiger partial charge < -0.3 is 10.1 Å². The van der Waals surface area contributed by atoms with Crippen molar-refractivity contribution in [2.24, 2.45) is 0 Å². The van der Waals surface area contributed by atoms with Crippen LogP contribution in [0.5, 0.6) is 5.75 Å². The second-order valence-electron chi connectivity index (χ2n) is 6.88. The summed E-state index contributed by atoms with van der Waals surface area (Å²) in [5, 5.41) is 14.8. The van der Waals surface area contributed by atoms with Gasteiger partial charge >= 0.3 is 0 Å². The Morgan fingerprint density at radius 2 is 1.91 bits per heavy atom. The number of ether oxygens (including phenoxy) is 1. The third kappa shape index (κ3) is 5.51. The van der Waals surface area contributed by atoms with Gasteiger partial charge in [0.15, 0.2) is 11.0 Å². The first-order valence-corrected chi connectivity index (χ1v) is 12.2. The smallest absolute Gasteiger partial charge is 0.230 e. The number of nitrogens with zero attached hydrogens (tertiary/aromatic N) is 3. The predicted octanol–water partition coefficient (Wildman–Crippen LogP) is 5.53. The molecule has 0 bridgehead atoms. The van der Waals surface area contributed by atoms with E-state index in [1.807, 2.05) is 71.5 Å². The molecule has 2 heterocycles. The van der Waals surface area contributed by atoms with E-state index in [0.29, 0.717) is 21.8 Å². The van der Waals surface area contributed by atoms with Gasteiger partial charge in [0.05, 0.1) is 16.8 Å². The summed E-state index contributed by atoms with van der Waals surface area (Å²) in [6.45, 7) is 2.17. The lowest BCUT2D eigenvalue weighted by atomic mass is 10.3. The van der Waals surface area contributed by atoms with Crippen molar-refractivity contribution in [3.05, 3.63) is 87.8 Å². The molecule has 164 valence electrons. The van der Waals surface area contributed by atoms with Crippen molar-refractivity contribution in [1.29, 1.82) is 0 Å². The molecule has 1 atom stereocenters. The van der Waals surface area contributed by atoms with Crippen LogP contribution in [0.1, 0.15) is 23.7 Å². The molecular weight excluding hydrogens is 464 g/mol. The number of nitrogens with one attached hydrogen (secondary N) is 1. The Morgan fingerprint density at radius 3 is 2.66 bits per heavy atom. The van der Waals surface area contributed by atoms with E-state index in [1.54, 1.807) is 23.5 Å². The lowest BCUT2D eigenvalue weighted by molar-refractivity contribution is -0.119. The van der Waals surface area contributed by atoms with Crippen LogP contribution in [0.3, 0.4) is 0 Å². The summed E-state index contributed by atoms with van der Waals surface area (Å²) in [4.78, 5) is 13.6. The molecule has 0 fully saturated rings. The second kappa shape index (κ2) is 10.7. The summed E-state index contributed by atoms with van der Waals surface area (Å²) < 4.78 is 7.78. The zero-order valence-corrected chi connectivity index (χ0v) is 19.7. The molecule has 2 aromatic heterocycles. The molecule has 0 aliphatic heterocycles. The molecule has 0 saturated carbocycles. The van der Waals surface area contributed by atoms with Crippen molar-refractivity contribution < 1.29 is 9.53 Å². The normalized spacial score (nSPS) is 11.8. The predicted molar refractivity (Wildman–Crippen MR) is 129 cm³/mol. The quantitative estimate of drug-likeness (QED) is 0.316. The third-order valence-electron chi connectivity index (χ3n) is 4.59. The summed E-state index contributed by atoms with van der Waals surface area (Å²) in [7, 11) is 0. The lowest BCUT2D eigenvalue weighted by Crippen LogP contribution is -2.27. The zero-order chi connectivity index (χ0) is 22.3. The van der Waals surface area contributed by atoms with Crippen molar-refractivity contribution in [2.45, 2.75) is 24.7 Å². The Bertz CT molecular complexity index is 1170. The topological polar surface area (TPSA) is 69.0 Å². The molecular formula is C23H21ClN4O2S2. The van der Waals surface area contributed by atoms with Crippen LogP contribution in [0.25, 0.3) is 5.69 Å². The molecule has 9 heteroatoms. The first-order valence-electron chi connectivity index (χ1n) is 9.94. The number of rotatable bonds is 9. The van der Waals surface area contributed by atoms with Gasteiger partial charge in [-0.05, 0) is 42.6 Å². The maximum atomic E-state index is 12.5. The number of carbonyl (C=O) groups excluding carboxylic acids is 1. The molecule has 0 aliphatic carbocycles. The standard InChI is InChI=1S/C23H21ClN4O2S2/c1-16(20-12-7-13-31-20)25-22(29)15-32-23-27-26-21(28(23)17-8-3-2-4-9-17)14-30-19-11-6-5-10-18(19)24/h2-13,16H,14-15H2,1H3,(H,25,29). The summed E-state index contributed by atoms with van der Waals surface area (Å²) >= 11 is 9.16. The molecule has 4 aromatic rings. The maximum Gasteiger partial charge on any atom is 0.230 e. The molecule has 1 unspecified atom stereocenters. The Labute approximate surface area is 199 Å². The summed E-state index contributed by atoms with van der Waals surface area (Å²) in [5.74, 6) is 1.36. The van der Waals surface area contributed by atoms with Crippen LogP contribution in [-0.2, 0) is 11.4 Å². The van der Waals surface area contributed by atoms with E-state index in [4.69, 9.17) is 16.3 Å². The largest absolute Gasteiger partial charge is 0.484 e. The Kier molecular flexibility index (Phi) is 7.47. The lowest BCUT2D eigenvalue weighted by Gasteiger charge is -2.13. The number of thioether (sulfide) groups is 1. The maximum absolute atomic E-state index is 12.5. The zero-order valence-electron chi connectivity index (χ0n) is 17.3. The van der Waals surface area contributed by atoms with Crippen molar-refractivity contribution in [3.8, 4) is 11.4 Å². The highest BCUT2D eigenvalue weighted by atomic mass is 35.5. The van der Waals surface area contributed by atoms with Gasteiger partial charge in [-0.25, -0.2) is 0 Å². The fraction of sp³-hybridized carbons (Fsp3) is 0.174. The van der Waals surface area contributed by atoms with Crippen molar-refractivity contribution >= 4 is 40.6 Å². The van der Waals surface area contributed by atoms with E-state index in [9.17, 15) is 4.79 Å².